The molecule has 0 radical (unpaired) electrons. The maximum Gasteiger partial charge on any atom is 0.255 e. The van der Waals surface area contributed by atoms with Crippen LogP contribution < -0.4 is 5.32 Å². The van der Waals surface area contributed by atoms with Gasteiger partial charge >= 0.3 is 0 Å². The zero-order valence-corrected chi connectivity index (χ0v) is 8.97. The highest BCUT2D eigenvalue weighted by Gasteiger charge is 2.14. The normalized spacial score (nSPS) is 11.5. The first-order chi connectivity index (χ1) is 7.69. The Kier molecular flexibility index (Phi) is 4.28. The van der Waals surface area contributed by atoms with E-state index in [1.807, 2.05) is 13.0 Å². The Morgan fingerprint density at radius 3 is 3.06 bits per heavy atom. The summed E-state index contributed by atoms with van der Waals surface area (Å²) in [5, 5.41) is 20.6. The van der Waals surface area contributed by atoms with Gasteiger partial charge in [-0.2, -0.15) is 5.26 Å². The van der Waals surface area contributed by atoms with Gasteiger partial charge in [0.05, 0.1) is 24.3 Å². The minimum atomic E-state index is -0.387. The third-order valence-electron chi connectivity index (χ3n) is 2.21. The number of carbonyl (C=O) groups excluding carboxylic acids is 1. The molecule has 1 amide bonds. The van der Waals surface area contributed by atoms with Gasteiger partial charge in [0.15, 0.2) is 0 Å². The second-order valence-corrected chi connectivity index (χ2v) is 3.33. The lowest BCUT2D eigenvalue weighted by Crippen LogP contribution is -2.34. The molecule has 0 bridgehead atoms. The second kappa shape index (κ2) is 5.71. The van der Waals surface area contributed by atoms with Crippen molar-refractivity contribution in [1.82, 2.24) is 10.3 Å². The van der Waals surface area contributed by atoms with Crippen molar-refractivity contribution in [3.8, 4) is 11.8 Å². The molecule has 1 heterocycles. The Morgan fingerprint density at radius 2 is 2.50 bits per heavy atom. The van der Waals surface area contributed by atoms with Gasteiger partial charge in [-0.05, 0) is 12.5 Å². The number of hydrogen-bond acceptors (Lipinski definition) is 4. The predicted octanol–water partition coefficient (Wildman–Crippen LogP) is 1.21. The summed E-state index contributed by atoms with van der Waals surface area (Å²) in [6, 6.07) is 3.25. The van der Waals surface area contributed by atoms with E-state index >= 15 is 0 Å². The van der Waals surface area contributed by atoms with Gasteiger partial charge in [0, 0.05) is 12.2 Å². The van der Waals surface area contributed by atoms with Gasteiger partial charge in [0.2, 0.25) is 0 Å². The quantitative estimate of drug-likeness (QED) is 0.796. The van der Waals surface area contributed by atoms with Crippen molar-refractivity contribution in [3.63, 3.8) is 0 Å². The van der Waals surface area contributed by atoms with E-state index in [-0.39, 0.29) is 29.7 Å². The molecule has 0 aromatic carbocycles. The van der Waals surface area contributed by atoms with Crippen LogP contribution in [0, 0.1) is 11.3 Å². The third-order valence-corrected chi connectivity index (χ3v) is 2.21. The molecule has 5 nitrogen and oxygen atoms in total. The van der Waals surface area contributed by atoms with Crippen LogP contribution in [0.1, 0.15) is 30.1 Å². The number of rotatable bonds is 4. The molecule has 5 heteroatoms. The van der Waals surface area contributed by atoms with Gasteiger partial charge in [0.25, 0.3) is 5.91 Å². The number of aromatic hydroxyl groups is 1. The molecule has 0 spiro atoms. The Balaban J connectivity index is 2.73. The number of aromatic nitrogens is 1. The molecule has 1 atom stereocenters. The van der Waals surface area contributed by atoms with Crippen LogP contribution in [0.5, 0.6) is 5.75 Å². The first kappa shape index (κ1) is 12.0. The van der Waals surface area contributed by atoms with Gasteiger partial charge in [0.1, 0.15) is 5.75 Å². The standard InChI is InChI=1S/C11H13N3O2/c1-2-8(3-5-12)14-11(16)9-4-6-13-7-10(9)15/h4,6-8,15H,2-3H2,1H3,(H,14,16). The van der Waals surface area contributed by atoms with E-state index in [1.54, 1.807) is 0 Å². The zero-order valence-electron chi connectivity index (χ0n) is 8.97. The molecule has 16 heavy (non-hydrogen) atoms. The van der Waals surface area contributed by atoms with Gasteiger partial charge in [-0.25, -0.2) is 0 Å². The maximum atomic E-state index is 11.7. The number of amides is 1. The fourth-order valence-electron chi connectivity index (χ4n) is 1.25. The number of pyridine rings is 1. The van der Waals surface area contributed by atoms with Crippen LogP contribution in [0.4, 0.5) is 0 Å². The highest BCUT2D eigenvalue weighted by Crippen LogP contribution is 2.14. The Bertz CT molecular complexity index is 412. The average Bonchev–Trinajstić information content (AvgIpc) is 2.28. The summed E-state index contributed by atoms with van der Waals surface area (Å²) in [7, 11) is 0. The molecular formula is C11H13N3O2. The first-order valence-electron chi connectivity index (χ1n) is 4.99. The molecule has 1 aromatic heterocycles. The number of nitriles is 1. The molecule has 2 N–H and O–H groups in total. The van der Waals surface area contributed by atoms with E-state index in [4.69, 9.17) is 5.26 Å². The van der Waals surface area contributed by atoms with Crippen molar-refractivity contribution in [3.05, 3.63) is 24.0 Å². The number of nitrogens with zero attached hydrogens (tertiary/aromatic N) is 2. The Morgan fingerprint density at radius 1 is 1.75 bits per heavy atom. The monoisotopic (exact) mass is 219 g/mol. The fraction of sp³-hybridized carbons (Fsp3) is 0.364. The van der Waals surface area contributed by atoms with Crippen LogP contribution in [0.25, 0.3) is 0 Å². The van der Waals surface area contributed by atoms with Crippen LogP contribution in [0.15, 0.2) is 18.5 Å². The highest BCUT2D eigenvalue weighted by atomic mass is 16.3. The van der Waals surface area contributed by atoms with E-state index in [9.17, 15) is 9.90 Å². The molecule has 84 valence electrons. The molecule has 0 saturated heterocycles. The number of hydrogen-bond donors (Lipinski definition) is 2. The van der Waals surface area contributed by atoms with Crippen LogP contribution in [-0.2, 0) is 0 Å². The minimum Gasteiger partial charge on any atom is -0.505 e. The third kappa shape index (κ3) is 2.95. The summed E-state index contributed by atoms with van der Waals surface area (Å²) < 4.78 is 0. The van der Waals surface area contributed by atoms with Gasteiger partial charge in [-0.15, -0.1) is 0 Å². The van der Waals surface area contributed by atoms with Crippen molar-refractivity contribution in [1.29, 1.82) is 5.26 Å². The smallest absolute Gasteiger partial charge is 0.255 e. The molecule has 0 saturated carbocycles. The van der Waals surface area contributed by atoms with Crippen molar-refractivity contribution in [2.24, 2.45) is 0 Å². The lowest BCUT2D eigenvalue weighted by atomic mass is 10.1. The van der Waals surface area contributed by atoms with Gasteiger partial charge in [-0.3, -0.25) is 9.78 Å². The molecule has 1 unspecified atom stereocenters. The van der Waals surface area contributed by atoms with Crippen molar-refractivity contribution >= 4 is 5.91 Å². The molecule has 0 fully saturated rings. The summed E-state index contributed by atoms with van der Waals surface area (Å²) in [5.41, 5.74) is 0.173. The lowest BCUT2D eigenvalue weighted by molar-refractivity contribution is 0.0934. The predicted molar refractivity (Wildman–Crippen MR) is 57.7 cm³/mol. The summed E-state index contributed by atoms with van der Waals surface area (Å²) >= 11 is 0. The molecule has 0 aliphatic carbocycles. The number of carbonyl (C=O) groups is 1. The summed E-state index contributed by atoms with van der Waals surface area (Å²) in [6.45, 7) is 1.88. The molecule has 1 aromatic rings. The van der Waals surface area contributed by atoms with E-state index < -0.39 is 0 Å². The average molecular weight is 219 g/mol. The van der Waals surface area contributed by atoms with Crippen molar-refractivity contribution in [2.75, 3.05) is 0 Å². The lowest BCUT2D eigenvalue weighted by Gasteiger charge is -2.13. The molecule has 0 aliphatic heterocycles. The van der Waals surface area contributed by atoms with Gasteiger partial charge < -0.3 is 10.4 Å². The minimum absolute atomic E-state index is 0.160. The zero-order chi connectivity index (χ0) is 12.0. The second-order valence-electron chi connectivity index (χ2n) is 3.33. The maximum absolute atomic E-state index is 11.7. The van der Waals surface area contributed by atoms with Crippen LogP contribution in [0.2, 0.25) is 0 Å². The molecule has 1 rings (SSSR count). The fourth-order valence-corrected chi connectivity index (χ4v) is 1.25. The Labute approximate surface area is 93.7 Å². The van der Waals surface area contributed by atoms with Crippen molar-refractivity contribution < 1.29 is 9.90 Å². The highest BCUT2D eigenvalue weighted by molar-refractivity contribution is 5.96. The summed E-state index contributed by atoms with van der Waals surface area (Å²) in [4.78, 5) is 15.4. The number of nitrogens with one attached hydrogen (secondary N) is 1. The van der Waals surface area contributed by atoms with E-state index in [0.29, 0.717) is 6.42 Å². The topological polar surface area (TPSA) is 86.0 Å². The summed E-state index contributed by atoms with van der Waals surface area (Å²) in [6.07, 6.45) is 3.57. The van der Waals surface area contributed by atoms with E-state index in [1.165, 1.54) is 18.5 Å². The SMILES string of the molecule is CCC(CC#N)NC(=O)c1ccncc1O. The van der Waals surface area contributed by atoms with Crippen LogP contribution >= 0.6 is 0 Å². The molecular weight excluding hydrogens is 206 g/mol. The summed E-state index contributed by atoms with van der Waals surface area (Å²) in [5.74, 6) is -0.547. The largest absolute Gasteiger partial charge is 0.505 e. The van der Waals surface area contributed by atoms with E-state index in [0.717, 1.165) is 0 Å². The van der Waals surface area contributed by atoms with Crippen LogP contribution in [-0.4, -0.2) is 22.0 Å². The van der Waals surface area contributed by atoms with Crippen LogP contribution in [0.3, 0.4) is 0 Å². The first-order valence-corrected chi connectivity index (χ1v) is 4.99. The van der Waals surface area contributed by atoms with E-state index in [2.05, 4.69) is 10.3 Å². The van der Waals surface area contributed by atoms with Crippen molar-refractivity contribution in [2.45, 2.75) is 25.8 Å². The molecule has 0 aliphatic rings. The Hall–Kier alpha value is -2.09. The van der Waals surface area contributed by atoms with Gasteiger partial charge in [-0.1, -0.05) is 6.92 Å².